The molecule has 0 aliphatic heterocycles. The second-order valence-electron chi connectivity index (χ2n) is 6.70. The lowest BCUT2D eigenvalue weighted by Gasteiger charge is -2.13. The van der Waals surface area contributed by atoms with E-state index in [9.17, 15) is 4.79 Å². The highest BCUT2D eigenvalue weighted by atomic mass is 16.5. The molecular formula is C24H26O6. The normalized spacial score (nSPS) is 16.1. The van der Waals surface area contributed by atoms with Gasteiger partial charge in [-0.3, -0.25) is 4.79 Å². The maximum absolute atomic E-state index is 13.1. The number of carbonyl (C=O) groups excluding carboxylic acids is 1. The summed E-state index contributed by atoms with van der Waals surface area (Å²) >= 11 is 0. The third-order valence-corrected chi connectivity index (χ3v) is 5.08. The average molecular weight is 410 g/mol. The second-order valence-corrected chi connectivity index (χ2v) is 6.70. The lowest BCUT2D eigenvalue weighted by atomic mass is 10.0. The van der Waals surface area contributed by atoms with Crippen LogP contribution in [0, 0.1) is 0 Å². The lowest BCUT2D eigenvalue weighted by Crippen LogP contribution is -1.99. The van der Waals surface area contributed by atoms with Crippen molar-refractivity contribution in [2.24, 2.45) is 0 Å². The van der Waals surface area contributed by atoms with Gasteiger partial charge in [0.15, 0.2) is 17.3 Å². The highest BCUT2D eigenvalue weighted by Crippen LogP contribution is 2.39. The van der Waals surface area contributed by atoms with Crippen LogP contribution in [0.3, 0.4) is 0 Å². The molecule has 158 valence electrons. The number of hydrogen-bond acceptors (Lipinski definition) is 6. The molecular weight excluding hydrogens is 384 g/mol. The van der Waals surface area contributed by atoms with E-state index in [2.05, 4.69) is 0 Å². The Morgan fingerprint density at radius 3 is 1.87 bits per heavy atom. The fourth-order valence-corrected chi connectivity index (χ4v) is 3.54. The van der Waals surface area contributed by atoms with Gasteiger partial charge in [0.2, 0.25) is 0 Å². The van der Waals surface area contributed by atoms with Crippen LogP contribution in [-0.4, -0.2) is 41.3 Å². The first-order valence-electron chi connectivity index (χ1n) is 9.53. The Balaban J connectivity index is 1.99. The molecule has 0 atom stereocenters. The molecule has 0 aromatic heterocycles. The van der Waals surface area contributed by atoms with Crippen molar-refractivity contribution in [1.29, 1.82) is 0 Å². The summed E-state index contributed by atoms with van der Waals surface area (Å²) in [5.74, 6) is 3.02. The van der Waals surface area contributed by atoms with Crippen LogP contribution in [0.2, 0.25) is 0 Å². The molecule has 1 aliphatic carbocycles. The fraction of sp³-hybridized carbons (Fsp3) is 0.292. The molecule has 0 N–H and O–H groups in total. The summed E-state index contributed by atoms with van der Waals surface area (Å²) in [5.41, 5.74) is 2.94. The fourth-order valence-electron chi connectivity index (χ4n) is 3.54. The molecule has 0 bridgehead atoms. The summed E-state index contributed by atoms with van der Waals surface area (Å²) < 4.78 is 27.1. The van der Waals surface area contributed by atoms with Crippen LogP contribution in [0.1, 0.15) is 24.0 Å². The number of carbonyl (C=O) groups is 1. The summed E-state index contributed by atoms with van der Waals surface area (Å²) in [7, 11) is 7.91. The number of benzene rings is 2. The van der Waals surface area contributed by atoms with Gasteiger partial charge in [-0.2, -0.15) is 0 Å². The predicted octanol–water partition coefficient (Wildman–Crippen LogP) is 4.56. The summed E-state index contributed by atoms with van der Waals surface area (Å²) in [6.45, 7) is 0. The van der Waals surface area contributed by atoms with Crippen molar-refractivity contribution in [1.82, 2.24) is 0 Å². The zero-order valence-electron chi connectivity index (χ0n) is 17.9. The summed E-state index contributed by atoms with van der Waals surface area (Å²) in [5, 5.41) is 0. The average Bonchev–Trinajstić information content (AvgIpc) is 3.12. The van der Waals surface area contributed by atoms with Crippen LogP contribution in [0.5, 0.6) is 28.7 Å². The van der Waals surface area contributed by atoms with Gasteiger partial charge in [-0.25, -0.2) is 0 Å². The van der Waals surface area contributed by atoms with Gasteiger partial charge in [0.1, 0.15) is 17.2 Å². The molecule has 1 aliphatic rings. The molecule has 0 radical (unpaired) electrons. The van der Waals surface area contributed by atoms with Crippen molar-refractivity contribution in [3.05, 3.63) is 52.6 Å². The lowest BCUT2D eigenvalue weighted by molar-refractivity contribution is -0.111. The molecule has 0 saturated heterocycles. The Hall–Kier alpha value is -3.41. The van der Waals surface area contributed by atoms with Crippen molar-refractivity contribution in [3.8, 4) is 28.7 Å². The molecule has 0 heterocycles. The van der Waals surface area contributed by atoms with E-state index in [-0.39, 0.29) is 5.78 Å². The van der Waals surface area contributed by atoms with E-state index >= 15 is 0 Å². The molecule has 1 fully saturated rings. The summed E-state index contributed by atoms with van der Waals surface area (Å²) in [4.78, 5) is 13.1. The molecule has 6 heteroatoms. The van der Waals surface area contributed by atoms with Crippen LogP contribution < -0.4 is 23.7 Å². The first-order valence-corrected chi connectivity index (χ1v) is 9.53. The third-order valence-electron chi connectivity index (χ3n) is 5.08. The zero-order valence-corrected chi connectivity index (χ0v) is 17.9. The van der Waals surface area contributed by atoms with Gasteiger partial charge in [0.25, 0.3) is 0 Å². The van der Waals surface area contributed by atoms with Crippen molar-refractivity contribution < 1.29 is 28.5 Å². The van der Waals surface area contributed by atoms with Crippen LogP contribution in [0.25, 0.3) is 12.2 Å². The third kappa shape index (κ3) is 4.13. The topological polar surface area (TPSA) is 63.2 Å². The Morgan fingerprint density at radius 1 is 0.733 bits per heavy atom. The van der Waals surface area contributed by atoms with E-state index in [0.29, 0.717) is 52.7 Å². The van der Waals surface area contributed by atoms with E-state index in [1.807, 2.05) is 30.4 Å². The number of ketones is 1. The second kappa shape index (κ2) is 9.39. The number of rotatable bonds is 7. The molecule has 2 aromatic rings. The van der Waals surface area contributed by atoms with Crippen LogP contribution in [-0.2, 0) is 4.79 Å². The van der Waals surface area contributed by atoms with Gasteiger partial charge >= 0.3 is 0 Å². The maximum atomic E-state index is 13.1. The summed E-state index contributed by atoms with van der Waals surface area (Å²) in [6.07, 6.45) is 4.98. The van der Waals surface area contributed by atoms with Gasteiger partial charge < -0.3 is 23.7 Å². The number of para-hydroxylation sites is 1. The molecule has 3 rings (SSSR count). The molecule has 2 aromatic carbocycles. The van der Waals surface area contributed by atoms with Crippen molar-refractivity contribution in [2.45, 2.75) is 12.8 Å². The number of Topliss-reactive ketones (excluding diaryl/α,β-unsaturated/α-hetero) is 1. The molecule has 30 heavy (non-hydrogen) atoms. The molecule has 0 unspecified atom stereocenters. The highest BCUT2D eigenvalue weighted by molar-refractivity contribution is 6.16. The Labute approximate surface area is 176 Å². The van der Waals surface area contributed by atoms with Crippen molar-refractivity contribution >= 4 is 17.9 Å². The monoisotopic (exact) mass is 410 g/mol. The minimum absolute atomic E-state index is 0.000188. The van der Waals surface area contributed by atoms with Gasteiger partial charge in [-0.05, 0) is 31.1 Å². The smallest absolute Gasteiger partial charge is 0.185 e. The van der Waals surface area contributed by atoms with Gasteiger partial charge in [0.05, 0.1) is 41.1 Å². The molecule has 1 saturated carbocycles. The van der Waals surface area contributed by atoms with E-state index in [1.54, 1.807) is 47.7 Å². The van der Waals surface area contributed by atoms with Gasteiger partial charge in [-0.1, -0.05) is 12.1 Å². The minimum Gasteiger partial charge on any atom is -0.496 e. The number of methoxy groups -OCH3 is 5. The Kier molecular flexibility index (Phi) is 6.67. The standard InChI is InChI=1S/C24H26O6/c1-26-18-13-21(28-3)19(22(14-18)29-4)12-16-10-9-15(23(16)25)11-17-7-6-8-20(27-2)24(17)30-5/h6-8,11-14H,9-10H2,1-5H3/b15-11+,16-12+. The van der Waals surface area contributed by atoms with Crippen LogP contribution in [0.4, 0.5) is 0 Å². The van der Waals surface area contributed by atoms with Crippen LogP contribution >= 0.6 is 0 Å². The summed E-state index contributed by atoms with van der Waals surface area (Å²) in [6, 6.07) is 9.14. The minimum atomic E-state index is -0.000188. The maximum Gasteiger partial charge on any atom is 0.185 e. The highest BCUT2D eigenvalue weighted by Gasteiger charge is 2.25. The van der Waals surface area contributed by atoms with Crippen molar-refractivity contribution in [3.63, 3.8) is 0 Å². The van der Waals surface area contributed by atoms with Crippen LogP contribution in [0.15, 0.2) is 41.5 Å². The first kappa shape index (κ1) is 21.3. The number of allylic oxidation sites excluding steroid dienone is 2. The largest absolute Gasteiger partial charge is 0.496 e. The molecule has 0 spiro atoms. The predicted molar refractivity (Wildman–Crippen MR) is 116 cm³/mol. The number of ether oxygens (including phenoxy) is 5. The number of hydrogen-bond donors (Lipinski definition) is 0. The van der Waals surface area contributed by atoms with E-state index in [1.165, 1.54) is 0 Å². The van der Waals surface area contributed by atoms with Crippen molar-refractivity contribution in [2.75, 3.05) is 35.5 Å². The van der Waals surface area contributed by atoms with E-state index in [0.717, 1.165) is 11.1 Å². The first-order chi connectivity index (χ1) is 14.6. The van der Waals surface area contributed by atoms with Gasteiger partial charge in [-0.15, -0.1) is 0 Å². The molecule has 6 nitrogen and oxygen atoms in total. The molecule has 0 amide bonds. The van der Waals surface area contributed by atoms with E-state index in [4.69, 9.17) is 23.7 Å². The quantitative estimate of drug-likeness (QED) is 0.624. The van der Waals surface area contributed by atoms with E-state index < -0.39 is 0 Å². The van der Waals surface area contributed by atoms with Gasteiger partial charge in [0, 0.05) is 28.8 Å². The Bertz CT molecular complexity index is 978. The zero-order chi connectivity index (χ0) is 21.7. The Morgan fingerprint density at radius 2 is 1.33 bits per heavy atom. The SMILES string of the molecule is COc1cc(OC)c(/C=C2\CC/C(=C\c3cccc(OC)c3OC)C2=O)c(OC)c1.